The lowest BCUT2D eigenvalue weighted by Crippen LogP contribution is -2.32. The maximum atomic E-state index is 13.2. The molecule has 150 valence electrons. The van der Waals surface area contributed by atoms with E-state index in [-0.39, 0.29) is 11.4 Å². The highest BCUT2D eigenvalue weighted by atomic mass is 32.2. The minimum Gasteiger partial charge on any atom is -0.494 e. The average molecular weight is 420 g/mol. The molecule has 8 heteroatoms. The van der Waals surface area contributed by atoms with Gasteiger partial charge in [0.05, 0.1) is 24.4 Å². The summed E-state index contributed by atoms with van der Waals surface area (Å²) in [5.41, 5.74) is 0.759. The van der Waals surface area contributed by atoms with E-state index in [4.69, 9.17) is 4.74 Å². The lowest BCUT2D eigenvalue weighted by molar-refractivity contribution is 0.309. The van der Waals surface area contributed by atoms with Crippen LogP contribution in [0.25, 0.3) is 0 Å². The van der Waals surface area contributed by atoms with Crippen LogP contribution < -0.4 is 4.74 Å². The van der Waals surface area contributed by atoms with Crippen molar-refractivity contribution < 1.29 is 13.2 Å². The smallest absolute Gasteiger partial charge is 0.243 e. The standard InChI is InChI=1S/C20H25N3O3S2/c1-2-3-12-26-18-6-8-20(9-7-18)28(24,25)23(15-17-14-21-16-22-17)11-10-19-5-4-13-27-19/h4-9,13-14,16H,2-3,10-12,15H2,1H3,(H,21,22). The molecule has 0 unspecified atom stereocenters. The number of ether oxygens (including phenoxy) is 1. The molecule has 3 aromatic rings. The number of H-pyrrole nitrogens is 1. The number of aromatic nitrogens is 2. The molecule has 0 amide bonds. The van der Waals surface area contributed by atoms with E-state index in [0.717, 1.165) is 23.4 Å². The van der Waals surface area contributed by atoms with Crippen molar-refractivity contribution in [3.63, 3.8) is 0 Å². The summed E-state index contributed by atoms with van der Waals surface area (Å²) in [5.74, 6) is 0.686. The van der Waals surface area contributed by atoms with Gasteiger partial charge in [-0.25, -0.2) is 13.4 Å². The molecule has 1 N–H and O–H groups in total. The van der Waals surface area contributed by atoms with Crippen LogP contribution in [0.5, 0.6) is 5.75 Å². The molecule has 28 heavy (non-hydrogen) atoms. The molecule has 0 aliphatic heterocycles. The number of aromatic amines is 1. The molecule has 3 rings (SSSR count). The zero-order chi connectivity index (χ0) is 19.8. The summed E-state index contributed by atoms with van der Waals surface area (Å²) in [6, 6.07) is 10.7. The fourth-order valence-corrected chi connectivity index (χ4v) is 4.84. The van der Waals surface area contributed by atoms with Gasteiger partial charge in [0.2, 0.25) is 10.0 Å². The van der Waals surface area contributed by atoms with Gasteiger partial charge in [0.15, 0.2) is 0 Å². The highest BCUT2D eigenvalue weighted by Crippen LogP contribution is 2.22. The quantitative estimate of drug-likeness (QED) is 0.475. The summed E-state index contributed by atoms with van der Waals surface area (Å²) in [5, 5.41) is 2.00. The van der Waals surface area contributed by atoms with E-state index < -0.39 is 10.0 Å². The van der Waals surface area contributed by atoms with Crippen LogP contribution in [0.4, 0.5) is 0 Å². The van der Waals surface area contributed by atoms with Crippen molar-refractivity contribution in [3.05, 3.63) is 64.9 Å². The van der Waals surface area contributed by atoms with Gasteiger partial charge in [0.25, 0.3) is 0 Å². The zero-order valence-electron chi connectivity index (χ0n) is 15.9. The van der Waals surface area contributed by atoms with Crippen LogP contribution in [0.2, 0.25) is 0 Å². The molecular weight excluding hydrogens is 394 g/mol. The Bertz CT molecular complexity index is 922. The van der Waals surface area contributed by atoms with Crippen molar-refractivity contribution >= 4 is 21.4 Å². The van der Waals surface area contributed by atoms with Gasteiger partial charge in [-0.05, 0) is 48.6 Å². The van der Waals surface area contributed by atoms with Gasteiger partial charge < -0.3 is 9.72 Å². The van der Waals surface area contributed by atoms with Crippen molar-refractivity contribution in [1.82, 2.24) is 14.3 Å². The Hall–Kier alpha value is -2.16. The fraction of sp³-hybridized carbons (Fsp3) is 0.350. The van der Waals surface area contributed by atoms with Gasteiger partial charge in [-0.3, -0.25) is 0 Å². The Morgan fingerprint density at radius 3 is 2.68 bits per heavy atom. The zero-order valence-corrected chi connectivity index (χ0v) is 17.5. The molecule has 0 radical (unpaired) electrons. The summed E-state index contributed by atoms with van der Waals surface area (Å²) in [4.78, 5) is 8.40. The summed E-state index contributed by atoms with van der Waals surface area (Å²) < 4.78 is 33.6. The first-order chi connectivity index (χ1) is 13.6. The first-order valence-corrected chi connectivity index (χ1v) is 11.6. The van der Waals surface area contributed by atoms with Crippen LogP contribution in [0, 0.1) is 0 Å². The minimum absolute atomic E-state index is 0.252. The Morgan fingerprint density at radius 2 is 2.04 bits per heavy atom. The lowest BCUT2D eigenvalue weighted by Gasteiger charge is -2.21. The molecule has 0 bridgehead atoms. The third kappa shape index (κ3) is 5.43. The van der Waals surface area contributed by atoms with E-state index in [1.807, 2.05) is 17.5 Å². The molecule has 2 aromatic heterocycles. The Morgan fingerprint density at radius 1 is 1.21 bits per heavy atom. The van der Waals surface area contributed by atoms with E-state index >= 15 is 0 Å². The van der Waals surface area contributed by atoms with E-state index in [9.17, 15) is 8.42 Å². The summed E-state index contributed by atoms with van der Waals surface area (Å²) in [6.45, 7) is 3.39. The largest absolute Gasteiger partial charge is 0.494 e. The van der Waals surface area contributed by atoms with Gasteiger partial charge in [-0.15, -0.1) is 11.3 Å². The maximum Gasteiger partial charge on any atom is 0.243 e. The third-order valence-corrected chi connectivity index (χ3v) is 7.11. The molecule has 0 fully saturated rings. The number of nitrogens with zero attached hydrogens (tertiary/aromatic N) is 2. The molecule has 0 aliphatic carbocycles. The van der Waals surface area contributed by atoms with Crippen LogP contribution >= 0.6 is 11.3 Å². The van der Waals surface area contributed by atoms with Crippen molar-refractivity contribution in [2.24, 2.45) is 0 Å². The molecule has 1 aromatic carbocycles. The second-order valence-corrected chi connectivity index (χ2v) is 9.39. The van der Waals surface area contributed by atoms with Crippen molar-refractivity contribution in [3.8, 4) is 5.75 Å². The molecule has 6 nitrogen and oxygen atoms in total. The summed E-state index contributed by atoms with van der Waals surface area (Å²) in [6.07, 6.45) is 5.91. The van der Waals surface area contributed by atoms with Crippen LogP contribution in [0.1, 0.15) is 30.3 Å². The number of thiophene rings is 1. The SMILES string of the molecule is CCCCOc1ccc(S(=O)(=O)N(CCc2cccs2)Cc2cnc[nH]2)cc1. The van der Waals surface area contributed by atoms with Crippen LogP contribution in [0.3, 0.4) is 0 Å². The van der Waals surface area contributed by atoms with Gasteiger partial charge in [0, 0.05) is 23.3 Å². The predicted octanol–water partition coefficient (Wildman–Crippen LogP) is 4.08. The number of hydrogen-bond acceptors (Lipinski definition) is 5. The molecule has 0 saturated carbocycles. The monoisotopic (exact) mass is 419 g/mol. The number of unbranched alkanes of at least 4 members (excludes halogenated alkanes) is 1. The van der Waals surface area contributed by atoms with E-state index in [0.29, 0.717) is 25.3 Å². The predicted molar refractivity (Wildman–Crippen MR) is 111 cm³/mol. The second kappa shape index (κ2) is 9.86. The normalized spacial score (nSPS) is 11.8. The molecule has 2 heterocycles. The van der Waals surface area contributed by atoms with E-state index in [2.05, 4.69) is 16.9 Å². The molecule has 0 saturated heterocycles. The Balaban J connectivity index is 1.76. The fourth-order valence-electron chi connectivity index (χ4n) is 2.73. The first kappa shape index (κ1) is 20.6. The van der Waals surface area contributed by atoms with Crippen molar-refractivity contribution in [2.45, 2.75) is 37.6 Å². The van der Waals surface area contributed by atoms with Gasteiger partial charge in [0.1, 0.15) is 5.75 Å². The molecule has 0 spiro atoms. The number of sulfonamides is 1. The molecule has 0 atom stereocenters. The summed E-state index contributed by atoms with van der Waals surface area (Å²) >= 11 is 1.63. The number of imidazole rings is 1. The van der Waals surface area contributed by atoms with Crippen LogP contribution in [-0.2, 0) is 23.0 Å². The first-order valence-electron chi connectivity index (χ1n) is 9.32. The Kier molecular flexibility index (Phi) is 7.24. The topological polar surface area (TPSA) is 75.3 Å². The molecular formula is C20H25N3O3S2. The molecule has 0 aliphatic rings. The third-order valence-electron chi connectivity index (χ3n) is 4.32. The van der Waals surface area contributed by atoms with E-state index in [1.165, 1.54) is 4.31 Å². The minimum atomic E-state index is -3.64. The lowest BCUT2D eigenvalue weighted by atomic mass is 10.3. The average Bonchev–Trinajstić information content (AvgIpc) is 3.39. The Labute approximate surface area is 170 Å². The van der Waals surface area contributed by atoms with Crippen LogP contribution in [-0.4, -0.2) is 35.8 Å². The van der Waals surface area contributed by atoms with Gasteiger partial charge in [-0.2, -0.15) is 4.31 Å². The number of rotatable bonds is 11. The van der Waals surface area contributed by atoms with E-state index in [1.54, 1.807) is 48.1 Å². The second-order valence-electron chi connectivity index (χ2n) is 6.42. The number of hydrogen-bond donors (Lipinski definition) is 1. The van der Waals surface area contributed by atoms with Crippen LogP contribution in [0.15, 0.2) is 59.2 Å². The number of benzene rings is 1. The highest BCUT2D eigenvalue weighted by molar-refractivity contribution is 7.89. The van der Waals surface area contributed by atoms with Gasteiger partial charge >= 0.3 is 0 Å². The van der Waals surface area contributed by atoms with Gasteiger partial charge in [-0.1, -0.05) is 19.4 Å². The summed E-state index contributed by atoms with van der Waals surface area (Å²) in [7, 11) is -3.64. The highest BCUT2D eigenvalue weighted by Gasteiger charge is 2.25. The maximum absolute atomic E-state index is 13.2. The van der Waals surface area contributed by atoms with Crippen molar-refractivity contribution in [1.29, 1.82) is 0 Å². The number of nitrogens with one attached hydrogen (secondary N) is 1. The van der Waals surface area contributed by atoms with Crippen molar-refractivity contribution in [2.75, 3.05) is 13.2 Å².